The molecule has 0 amide bonds. The summed E-state index contributed by atoms with van der Waals surface area (Å²) in [5, 5.41) is 9.35. The average Bonchev–Trinajstić information content (AvgIpc) is 3.59. The second kappa shape index (κ2) is 8.90. The minimum absolute atomic E-state index is 0.267. The van der Waals surface area contributed by atoms with Gasteiger partial charge in [-0.1, -0.05) is 78.9 Å². The molecule has 0 aliphatic rings. The Morgan fingerprint density at radius 3 is 2.05 bits per heavy atom. The van der Waals surface area contributed by atoms with Crippen LogP contribution in [-0.2, 0) is 0 Å². The first-order chi connectivity index (χ1) is 20.7. The van der Waals surface area contributed by atoms with Gasteiger partial charge in [-0.2, -0.15) is 0 Å². The zero-order valence-corrected chi connectivity index (χ0v) is 23.2. The van der Waals surface area contributed by atoms with Gasteiger partial charge in [-0.25, -0.2) is 4.39 Å². The third-order valence-electron chi connectivity index (χ3n) is 8.27. The van der Waals surface area contributed by atoms with E-state index in [0.717, 1.165) is 44.4 Å². The number of furan rings is 1. The van der Waals surface area contributed by atoms with E-state index in [4.69, 9.17) is 4.42 Å². The van der Waals surface area contributed by atoms with Crippen molar-refractivity contribution in [3.63, 3.8) is 0 Å². The van der Waals surface area contributed by atoms with Crippen LogP contribution in [0.1, 0.15) is 0 Å². The van der Waals surface area contributed by atoms with Gasteiger partial charge in [0.25, 0.3) is 0 Å². The van der Waals surface area contributed by atoms with E-state index >= 15 is 0 Å². The van der Waals surface area contributed by atoms with Crippen LogP contribution in [0.25, 0.3) is 63.7 Å². The van der Waals surface area contributed by atoms with Gasteiger partial charge in [0.15, 0.2) is 5.58 Å². The standard InChI is InChI=1S/C38H22FNOS/c39-25-16-18-26(19-17-25)40(33-14-7-13-29-28-11-5-6-15-35(28)41-37(29)33)34-22-32-31-20-23-8-1-2-9-24(23)21-36(31)42-38(32)30-12-4-3-10-27(30)34/h1-22H. The van der Waals surface area contributed by atoms with Gasteiger partial charge in [-0.05, 0) is 65.4 Å². The van der Waals surface area contributed by atoms with E-state index in [1.165, 1.54) is 48.5 Å². The second-order valence-electron chi connectivity index (χ2n) is 10.7. The maximum atomic E-state index is 14.2. The maximum Gasteiger partial charge on any atom is 0.159 e. The smallest absolute Gasteiger partial charge is 0.159 e. The summed E-state index contributed by atoms with van der Waals surface area (Å²) in [6.07, 6.45) is 0. The Bertz CT molecular complexity index is 2490. The molecule has 7 aromatic carbocycles. The molecule has 0 bridgehead atoms. The highest BCUT2D eigenvalue weighted by Crippen LogP contribution is 2.48. The Kier molecular flexibility index (Phi) is 4.98. The minimum Gasteiger partial charge on any atom is -0.454 e. The summed E-state index contributed by atoms with van der Waals surface area (Å²) in [7, 11) is 0. The van der Waals surface area contributed by atoms with Gasteiger partial charge in [0, 0.05) is 47.4 Å². The zero-order chi connectivity index (χ0) is 27.8. The number of halogens is 1. The Hall–Kier alpha value is -5.19. The molecule has 0 aliphatic carbocycles. The fourth-order valence-corrected chi connectivity index (χ4v) is 7.61. The number of fused-ring (bicyclic) bond motifs is 9. The highest BCUT2D eigenvalue weighted by molar-refractivity contribution is 7.26. The monoisotopic (exact) mass is 559 g/mol. The minimum atomic E-state index is -0.267. The van der Waals surface area contributed by atoms with Gasteiger partial charge in [0.2, 0.25) is 0 Å². The molecule has 198 valence electrons. The summed E-state index contributed by atoms with van der Waals surface area (Å²) in [5.74, 6) is -0.267. The zero-order valence-electron chi connectivity index (χ0n) is 22.3. The fourth-order valence-electron chi connectivity index (χ4n) is 6.36. The van der Waals surface area contributed by atoms with Crippen molar-refractivity contribution in [3.05, 3.63) is 139 Å². The molecular formula is C38H22FNOS. The van der Waals surface area contributed by atoms with Crippen LogP contribution in [0.5, 0.6) is 0 Å². The molecule has 0 atom stereocenters. The predicted molar refractivity (Wildman–Crippen MR) is 176 cm³/mol. The Morgan fingerprint density at radius 1 is 0.524 bits per heavy atom. The molecule has 2 nitrogen and oxygen atoms in total. The van der Waals surface area contributed by atoms with E-state index in [9.17, 15) is 4.39 Å². The number of rotatable bonds is 3. The summed E-state index contributed by atoms with van der Waals surface area (Å²) in [5.41, 5.74) is 4.43. The Morgan fingerprint density at radius 2 is 1.21 bits per heavy atom. The van der Waals surface area contributed by atoms with Crippen molar-refractivity contribution in [1.29, 1.82) is 0 Å². The van der Waals surface area contributed by atoms with Gasteiger partial charge in [-0.15, -0.1) is 11.3 Å². The SMILES string of the molecule is Fc1ccc(N(c2cc3c4cc5ccccc5cc4sc3c3ccccc23)c2cccc3c2oc2ccccc23)cc1. The third kappa shape index (κ3) is 3.42. The van der Waals surface area contributed by atoms with Gasteiger partial charge >= 0.3 is 0 Å². The predicted octanol–water partition coefficient (Wildman–Crippen LogP) is 11.9. The molecule has 0 unspecified atom stereocenters. The van der Waals surface area contributed by atoms with Gasteiger partial charge in [-0.3, -0.25) is 0 Å². The van der Waals surface area contributed by atoms with Gasteiger partial charge in [0.1, 0.15) is 11.4 Å². The Balaban J connectivity index is 1.42. The first-order valence-corrected chi connectivity index (χ1v) is 14.8. The maximum absolute atomic E-state index is 14.2. The summed E-state index contributed by atoms with van der Waals surface area (Å²) in [4.78, 5) is 2.22. The van der Waals surface area contributed by atoms with Crippen LogP contribution >= 0.6 is 11.3 Å². The number of para-hydroxylation sites is 2. The molecule has 2 aromatic heterocycles. The molecule has 2 heterocycles. The number of hydrogen-bond acceptors (Lipinski definition) is 3. The summed E-state index contributed by atoms with van der Waals surface area (Å²) in [6, 6.07) is 45.1. The molecule has 0 aliphatic heterocycles. The number of nitrogens with zero attached hydrogens (tertiary/aromatic N) is 1. The largest absolute Gasteiger partial charge is 0.454 e. The van der Waals surface area contributed by atoms with Crippen molar-refractivity contribution in [2.45, 2.75) is 0 Å². The lowest BCUT2D eigenvalue weighted by Crippen LogP contribution is -2.11. The summed E-state index contributed by atoms with van der Waals surface area (Å²) in [6.45, 7) is 0. The lowest BCUT2D eigenvalue weighted by atomic mass is 10.0. The van der Waals surface area contributed by atoms with Crippen molar-refractivity contribution in [1.82, 2.24) is 0 Å². The topological polar surface area (TPSA) is 16.4 Å². The average molecular weight is 560 g/mol. The van der Waals surface area contributed by atoms with Crippen LogP contribution in [-0.4, -0.2) is 0 Å². The van der Waals surface area contributed by atoms with Crippen LogP contribution in [0.4, 0.5) is 21.5 Å². The quantitative estimate of drug-likeness (QED) is 0.214. The van der Waals surface area contributed by atoms with E-state index in [1.54, 1.807) is 0 Å². The normalized spacial score (nSPS) is 11.9. The van der Waals surface area contributed by atoms with Crippen molar-refractivity contribution in [2.75, 3.05) is 4.90 Å². The highest BCUT2D eigenvalue weighted by atomic mass is 32.1. The van der Waals surface area contributed by atoms with E-state index < -0.39 is 0 Å². The Labute approximate surface area is 244 Å². The second-order valence-corrected chi connectivity index (χ2v) is 11.7. The lowest BCUT2D eigenvalue weighted by Gasteiger charge is -2.27. The van der Waals surface area contributed by atoms with Crippen molar-refractivity contribution < 1.29 is 8.81 Å². The van der Waals surface area contributed by atoms with Crippen LogP contribution < -0.4 is 4.90 Å². The number of hydrogen-bond donors (Lipinski definition) is 0. The molecule has 0 fully saturated rings. The van der Waals surface area contributed by atoms with Crippen LogP contribution in [0.15, 0.2) is 138 Å². The first kappa shape index (κ1) is 23.5. The van der Waals surface area contributed by atoms with E-state index in [-0.39, 0.29) is 5.82 Å². The first-order valence-electron chi connectivity index (χ1n) is 14.0. The summed E-state index contributed by atoms with van der Waals surface area (Å²) >= 11 is 1.84. The van der Waals surface area contributed by atoms with Gasteiger partial charge < -0.3 is 9.32 Å². The number of anilines is 3. The van der Waals surface area contributed by atoms with Crippen molar-refractivity contribution >= 4 is 92.1 Å². The molecule has 0 radical (unpaired) electrons. The molecule has 42 heavy (non-hydrogen) atoms. The van der Waals surface area contributed by atoms with Crippen molar-refractivity contribution in [2.24, 2.45) is 0 Å². The molecule has 9 aromatic rings. The van der Waals surface area contributed by atoms with E-state index in [2.05, 4.69) is 95.9 Å². The molecular weight excluding hydrogens is 537 g/mol. The van der Waals surface area contributed by atoms with Crippen LogP contribution in [0.3, 0.4) is 0 Å². The van der Waals surface area contributed by atoms with E-state index in [0.29, 0.717) is 0 Å². The number of thiophene rings is 1. The van der Waals surface area contributed by atoms with Crippen molar-refractivity contribution in [3.8, 4) is 0 Å². The molecule has 0 saturated carbocycles. The number of benzene rings is 7. The fraction of sp³-hybridized carbons (Fsp3) is 0. The highest BCUT2D eigenvalue weighted by Gasteiger charge is 2.23. The molecule has 0 spiro atoms. The molecule has 0 saturated heterocycles. The van der Waals surface area contributed by atoms with E-state index in [1.807, 2.05) is 41.7 Å². The lowest BCUT2D eigenvalue weighted by molar-refractivity contribution is 0.628. The summed E-state index contributed by atoms with van der Waals surface area (Å²) < 4.78 is 23.3. The third-order valence-corrected chi connectivity index (χ3v) is 9.48. The molecule has 0 N–H and O–H groups in total. The molecule has 4 heteroatoms. The van der Waals surface area contributed by atoms with Crippen LogP contribution in [0, 0.1) is 5.82 Å². The van der Waals surface area contributed by atoms with Crippen LogP contribution in [0.2, 0.25) is 0 Å². The van der Waals surface area contributed by atoms with Gasteiger partial charge in [0.05, 0.1) is 11.4 Å². The molecule has 9 rings (SSSR count).